The Kier molecular flexibility index (Phi) is 8.54. The molecule has 1 atom stereocenters. The fraction of sp³-hybridized carbons (Fsp3) is 0.571. The SMILES string of the molecule is O=C(CC1CCC2(CC1)CCN(Cc1ccc(Br)cn1)CC2)Nc1nnc(N[C@@H]2CCN(c3cccnn3)C2)s1. The molecule has 12 heteroatoms. The van der Waals surface area contributed by atoms with Crippen LogP contribution in [0.25, 0.3) is 0 Å². The molecule has 0 radical (unpaired) electrons. The van der Waals surface area contributed by atoms with Gasteiger partial charge in [-0.3, -0.25) is 14.7 Å². The van der Waals surface area contributed by atoms with Crippen LogP contribution < -0.4 is 15.5 Å². The molecule has 5 heterocycles. The zero-order valence-electron chi connectivity index (χ0n) is 22.6. The number of hydrogen-bond acceptors (Lipinski definition) is 10. The van der Waals surface area contributed by atoms with Crippen molar-refractivity contribution in [2.45, 2.75) is 64.0 Å². The van der Waals surface area contributed by atoms with E-state index in [9.17, 15) is 4.79 Å². The number of halogens is 1. The summed E-state index contributed by atoms with van der Waals surface area (Å²) in [5.74, 6) is 1.40. The number of rotatable bonds is 8. The molecule has 2 aliphatic heterocycles. The number of pyridine rings is 1. The Morgan fingerprint density at radius 1 is 1.02 bits per heavy atom. The van der Waals surface area contributed by atoms with Gasteiger partial charge >= 0.3 is 0 Å². The minimum absolute atomic E-state index is 0.0511. The molecular formula is C28H36BrN9OS. The number of hydrogen-bond donors (Lipinski definition) is 2. The molecule has 1 spiro atoms. The lowest BCUT2D eigenvalue weighted by atomic mass is 9.65. The van der Waals surface area contributed by atoms with Crippen molar-refractivity contribution in [2.24, 2.45) is 11.3 Å². The molecular weight excluding hydrogens is 590 g/mol. The molecule has 1 saturated carbocycles. The second kappa shape index (κ2) is 12.4. The summed E-state index contributed by atoms with van der Waals surface area (Å²) in [5.41, 5.74) is 1.59. The van der Waals surface area contributed by atoms with E-state index < -0.39 is 0 Å². The molecule has 2 N–H and O–H groups in total. The molecule has 212 valence electrons. The fourth-order valence-corrected chi connectivity index (χ4v) is 7.37. The first-order chi connectivity index (χ1) is 19.5. The Morgan fingerprint density at radius 3 is 2.60 bits per heavy atom. The first-order valence-corrected chi connectivity index (χ1v) is 15.9. The van der Waals surface area contributed by atoms with Crippen LogP contribution in [-0.4, -0.2) is 68.4 Å². The van der Waals surface area contributed by atoms with Gasteiger partial charge in [0.25, 0.3) is 0 Å². The first kappa shape index (κ1) is 27.5. The van der Waals surface area contributed by atoms with Gasteiger partial charge in [-0.05, 0) is 110 Å². The van der Waals surface area contributed by atoms with Gasteiger partial charge in [0.1, 0.15) is 0 Å². The zero-order valence-corrected chi connectivity index (χ0v) is 25.0. The van der Waals surface area contributed by atoms with Crippen LogP contribution in [0.2, 0.25) is 0 Å². The van der Waals surface area contributed by atoms with Gasteiger partial charge in [-0.25, -0.2) is 0 Å². The van der Waals surface area contributed by atoms with E-state index in [1.165, 1.54) is 37.0 Å². The Balaban J connectivity index is 0.905. The van der Waals surface area contributed by atoms with Crippen LogP contribution in [0.3, 0.4) is 0 Å². The lowest BCUT2D eigenvalue weighted by molar-refractivity contribution is -0.117. The van der Waals surface area contributed by atoms with Gasteiger partial charge in [-0.1, -0.05) is 11.3 Å². The van der Waals surface area contributed by atoms with Crippen LogP contribution in [0.15, 0.2) is 41.1 Å². The van der Waals surface area contributed by atoms with Crippen LogP contribution in [0.1, 0.15) is 57.1 Å². The second-order valence-corrected chi connectivity index (χ2v) is 13.4. The highest BCUT2D eigenvalue weighted by atomic mass is 79.9. The Hall–Kier alpha value is -2.70. The number of carbonyl (C=O) groups is 1. The maximum atomic E-state index is 12.8. The summed E-state index contributed by atoms with van der Waals surface area (Å²) in [5, 5.41) is 24.4. The molecule has 1 aliphatic carbocycles. The normalized spacial score (nSPS) is 21.5. The summed E-state index contributed by atoms with van der Waals surface area (Å²) in [4.78, 5) is 22.1. The van der Waals surface area contributed by atoms with Crippen molar-refractivity contribution in [3.05, 3.63) is 46.8 Å². The molecule has 2 saturated heterocycles. The number of aromatic nitrogens is 5. The number of piperidine rings is 1. The van der Waals surface area contributed by atoms with Crippen LogP contribution in [0.4, 0.5) is 16.1 Å². The molecule has 1 amide bonds. The summed E-state index contributed by atoms with van der Waals surface area (Å²) in [6, 6.07) is 8.32. The van der Waals surface area contributed by atoms with Crippen molar-refractivity contribution >= 4 is 49.3 Å². The van der Waals surface area contributed by atoms with E-state index in [4.69, 9.17) is 0 Å². The quantitative estimate of drug-likeness (QED) is 0.358. The van der Waals surface area contributed by atoms with Gasteiger partial charge < -0.3 is 15.5 Å². The van der Waals surface area contributed by atoms with Gasteiger partial charge in [0, 0.05) is 49.0 Å². The number of nitrogens with zero attached hydrogens (tertiary/aromatic N) is 7. The maximum absolute atomic E-state index is 12.8. The maximum Gasteiger partial charge on any atom is 0.226 e. The minimum Gasteiger partial charge on any atom is -0.355 e. The summed E-state index contributed by atoms with van der Waals surface area (Å²) < 4.78 is 1.02. The van der Waals surface area contributed by atoms with E-state index >= 15 is 0 Å². The minimum atomic E-state index is 0.0511. The first-order valence-electron chi connectivity index (χ1n) is 14.3. The third kappa shape index (κ3) is 6.95. The third-order valence-corrected chi connectivity index (χ3v) is 10.0. The predicted octanol–water partition coefficient (Wildman–Crippen LogP) is 4.98. The van der Waals surface area contributed by atoms with Crippen LogP contribution in [-0.2, 0) is 11.3 Å². The van der Waals surface area contributed by atoms with Crippen LogP contribution >= 0.6 is 27.3 Å². The van der Waals surface area contributed by atoms with Gasteiger partial charge in [-0.2, -0.15) is 5.10 Å². The second-order valence-electron chi connectivity index (χ2n) is 11.5. The number of likely N-dealkylation sites (tertiary alicyclic amines) is 1. The molecule has 0 unspecified atom stereocenters. The van der Waals surface area contributed by atoms with Crippen molar-refractivity contribution in [2.75, 3.05) is 41.7 Å². The molecule has 0 aromatic carbocycles. The largest absolute Gasteiger partial charge is 0.355 e. The molecule has 10 nitrogen and oxygen atoms in total. The third-order valence-electron chi connectivity index (χ3n) is 8.80. The van der Waals surface area contributed by atoms with Crippen molar-refractivity contribution in [3.63, 3.8) is 0 Å². The van der Waals surface area contributed by atoms with Crippen LogP contribution in [0, 0.1) is 11.3 Å². The summed E-state index contributed by atoms with van der Waals surface area (Å²) >= 11 is 4.87. The zero-order chi connectivity index (χ0) is 27.4. The van der Waals surface area contributed by atoms with E-state index in [0.29, 0.717) is 22.9 Å². The van der Waals surface area contributed by atoms with E-state index in [1.807, 2.05) is 18.3 Å². The summed E-state index contributed by atoms with van der Waals surface area (Å²) in [6.07, 6.45) is 12.4. The molecule has 3 aromatic heterocycles. The Labute approximate surface area is 247 Å². The van der Waals surface area contributed by atoms with E-state index in [1.54, 1.807) is 6.20 Å². The van der Waals surface area contributed by atoms with E-state index in [-0.39, 0.29) is 11.9 Å². The molecule has 6 rings (SSSR count). The highest BCUT2D eigenvalue weighted by Gasteiger charge is 2.38. The van der Waals surface area contributed by atoms with E-state index in [2.05, 4.69) is 73.9 Å². The highest BCUT2D eigenvalue weighted by Crippen LogP contribution is 2.47. The number of anilines is 3. The summed E-state index contributed by atoms with van der Waals surface area (Å²) in [6.45, 7) is 4.95. The number of amides is 1. The van der Waals surface area contributed by atoms with Gasteiger partial charge in [0.05, 0.1) is 5.69 Å². The molecule has 3 aromatic rings. The molecule has 0 bridgehead atoms. The van der Waals surface area contributed by atoms with Crippen molar-refractivity contribution < 1.29 is 4.79 Å². The van der Waals surface area contributed by atoms with Gasteiger partial charge in [0.15, 0.2) is 5.82 Å². The van der Waals surface area contributed by atoms with Crippen molar-refractivity contribution in [1.29, 1.82) is 0 Å². The predicted molar refractivity (Wildman–Crippen MR) is 160 cm³/mol. The highest BCUT2D eigenvalue weighted by molar-refractivity contribution is 9.10. The average Bonchev–Trinajstić information content (AvgIpc) is 3.63. The number of nitrogens with one attached hydrogen (secondary N) is 2. The molecule has 3 fully saturated rings. The molecule has 40 heavy (non-hydrogen) atoms. The van der Waals surface area contributed by atoms with Crippen molar-refractivity contribution in [3.8, 4) is 0 Å². The summed E-state index contributed by atoms with van der Waals surface area (Å²) in [7, 11) is 0. The average molecular weight is 627 g/mol. The van der Waals surface area contributed by atoms with Gasteiger partial charge in [-0.15, -0.1) is 15.3 Å². The topological polar surface area (TPSA) is 112 Å². The standard InChI is InChI=1S/C28H36BrN9OS/c29-21-3-4-22(30-17-21)18-37-14-10-28(11-15-37)8-5-20(6-9-28)16-25(39)33-27-36-35-26(40-27)32-23-7-13-38(19-23)24-2-1-12-31-34-24/h1-4,12,17,20,23H,5-11,13-16,18-19H2,(H,32,35)(H,33,36,39)/t23-/m1/s1. The van der Waals surface area contributed by atoms with E-state index in [0.717, 1.165) is 73.1 Å². The lowest BCUT2D eigenvalue weighted by Gasteiger charge is -2.46. The fourth-order valence-electron chi connectivity index (χ4n) is 6.40. The Morgan fingerprint density at radius 2 is 1.85 bits per heavy atom. The number of carbonyl (C=O) groups excluding carboxylic acids is 1. The Bertz CT molecular complexity index is 1260. The lowest BCUT2D eigenvalue weighted by Crippen LogP contribution is -2.41. The van der Waals surface area contributed by atoms with Crippen LogP contribution in [0.5, 0.6) is 0 Å². The monoisotopic (exact) mass is 625 g/mol. The van der Waals surface area contributed by atoms with Gasteiger partial charge in [0.2, 0.25) is 16.2 Å². The smallest absolute Gasteiger partial charge is 0.226 e. The molecule has 3 aliphatic rings. The van der Waals surface area contributed by atoms with Crippen molar-refractivity contribution in [1.82, 2.24) is 30.3 Å².